The fourth-order valence-electron chi connectivity index (χ4n) is 3.58. The molecular weight excluding hydrogens is 348 g/mol. The van der Waals surface area contributed by atoms with Crippen molar-refractivity contribution in [2.75, 3.05) is 13.1 Å². The summed E-state index contributed by atoms with van der Waals surface area (Å²) in [5.74, 6) is 0.390. The van der Waals surface area contributed by atoms with Gasteiger partial charge in [0.05, 0.1) is 4.90 Å². The van der Waals surface area contributed by atoms with E-state index in [1.54, 1.807) is 19.1 Å². The number of nitrogens with one attached hydrogen (secondary N) is 1. The number of nitrogens with zero attached hydrogens (tertiary/aromatic N) is 1. The maximum absolute atomic E-state index is 12.5. The van der Waals surface area contributed by atoms with E-state index in [4.69, 9.17) is 0 Å². The van der Waals surface area contributed by atoms with Crippen molar-refractivity contribution in [3.05, 3.63) is 29.8 Å². The Kier molecular flexibility index (Phi) is 7.65. The molecule has 0 aliphatic heterocycles. The Balaban J connectivity index is 1.95. The summed E-state index contributed by atoms with van der Waals surface area (Å²) in [7, 11) is -3.55. The van der Waals surface area contributed by atoms with Gasteiger partial charge >= 0.3 is 0 Å². The minimum atomic E-state index is -3.55. The molecule has 6 heteroatoms. The van der Waals surface area contributed by atoms with E-state index in [0.29, 0.717) is 12.5 Å². The highest BCUT2D eigenvalue weighted by atomic mass is 32.2. The molecule has 1 saturated carbocycles. The van der Waals surface area contributed by atoms with Crippen LogP contribution in [0.2, 0.25) is 0 Å². The number of carbonyl (C=O) groups is 1. The van der Waals surface area contributed by atoms with Crippen molar-refractivity contribution in [2.24, 2.45) is 0 Å². The van der Waals surface area contributed by atoms with Gasteiger partial charge in [0.15, 0.2) is 0 Å². The lowest BCUT2D eigenvalue weighted by molar-refractivity contribution is -0.131. The maximum atomic E-state index is 12.5. The van der Waals surface area contributed by atoms with Crippen LogP contribution in [0.3, 0.4) is 0 Å². The van der Waals surface area contributed by atoms with Crippen LogP contribution in [0.15, 0.2) is 29.2 Å². The van der Waals surface area contributed by atoms with E-state index in [1.165, 1.54) is 12.8 Å². The van der Waals surface area contributed by atoms with Crippen LogP contribution < -0.4 is 4.72 Å². The Morgan fingerprint density at radius 3 is 2.19 bits per heavy atom. The number of amides is 1. The van der Waals surface area contributed by atoms with E-state index < -0.39 is 10.0 Å². The Labute approximate surface area is 158 Å². The van der Waals surface area contributed by atoms with Crippen molar-refractivity contribution in [1.29, 1.82) is 0 Å². The lowest BCUT2D eigenvalue weighted by Gasteiger charge is -2.30. The fourth-order valence-corrected chi connectivity index (χ4v) is 4.60. The van der Waals surface area contributed by atoms with Crippen LogP contribution >= 0.6 is 0 Å². The quantitative estimate of drug-likeness (QED) is 0.734. The molecule has 1 aliphatic rings. The third kappa shape index (κ3) is 5.81. The molecule has 1 aromatic carbocycles. The molecule has 5 nitrogen and oxygen atoms in total. The number of hydrogen-bond acceptors (Lipinski definition) is 3. The molecule has 1 aliphatic carbocycles. The number of sulfonamides is 1. The first-order valence-electron chi connectivity index (χ1n) is 9.68. The molecule has 0 atom stereocenters. The molecule has 0 unspecified atom stereocenters. The summed E-state index contributed by atoms with van der Waals surface area (Å²) in [6.07, 6.45) is 6.76. The molecule has 1 fully saturated rings. The molecule has 0 heterocycles. The highest BCUT2D eigenvalue weighted by Gasteiger charge is 2.23. The van der Waals surface area contributed by atoms with Crippen LogP contribution in [0, 0.1) is 0 Å². The molecule has 0 bridgehead atoms. The van der Waals surface area contributed by atoms with Crippen molar-refractivity contribution >= 4 is 15.9 Å². The monoisotopic (exact) mass is 380 g/mol. The van der Waals surface area contributed by atoms with Crippen LogP contribution in [-0.2, 0) is 14.8 Å². The van der Waals surface area contributed by atoms with E-state index in [9.17, 15) is 13.2 Å². The van der Waals surface area contributed by atoms with E-state index >= 15 is 0 Å². The summed E-state index contributed by atoms with van der Waals surface area (Å²) in [4.78, 5) is 14.1. The Bertz CT molecular complexity index is 676. The average molecular weight is 381 g/mol. The first-order valence-corrected chi connectivity index (χ1v) is 11.2. The summed E-state index contributed by atoms with van der Waals surface area (Å²) in [5, 5.41) is 0. The Morgan fingerprint density at radius 1 is 1.12 bits per heavy atom. The van der Waals surface area contributed by atoms with Crippen LogP contribution in [0.25, 0.3) is 0 Å². The summed E-state index contributed by atoms with van der Waals surface area (Å²) in [6.45, 7) is 6.38. The van der Waals surface area contributed by atoms with Gasteiger partial charge in [-0.2, -0.15) is 0 Å². The first kappa shape index (κ1) is 20.9. The zero-order chi connectivity index (χ0) is 19.2. The molecule has 146 valence electrons. The maximum Gasteiger partial charge on any atom is 0.240 e. The smallest absolute Gasteiger partial charge is 0.240 e. The van der Waals surface area contributed by atoms with Gasteiger partial charge < -0.3 is 4.90 Å². The molecule has 0 radical (unpaired) electrons. The van der Waals surface area contributed by atoms with Crippen molar-refractivity contribution < 1.29 is 13.2 Å². The van der Waals surface area contributed by atoms with Crippen LogP contribution in [0.4, 0.5) is 0 Å². The van der Waals surface area contributed by atoms with Crippen molar-refractivity contribution in [1.82, 2.24) is 9.62 Å². The number of benzene rings is 1. The van der Waals surface area contributed by atoms with Gasteiger partial charge in [-0.05, 0) is 36.5 Å². The normalized spacial score (nSPS) is 16.5. The summed E-state index contributed by atoms with van der Waals surface area (Å²) in [5.41, 5.74) is 1.11. The van der Waals surface area contributed by atoms with E-state index in [2.05, 4.69) is 18.6 Å². The lowest BCUT2D eigenvalue weighted by Crippen LogP contribution is -2.43. The molecule has 1 aromatic rings. The van der Waals surface area contributed by atoms with Gasteiger partial charge in [0, 0.05) is 26.1 Å². The molecule has 0 saturated heterocycles. The Hall–Kier alpha value is -1.40. The van der Waals surface area contributed by atoms with Crippen molar-refractivity contribution in [3.63, 3.8) is 0 Å². The summed E-state index contributed by atoms with van der Waals surface area (Å²) < 4.78 is 27.6. The van der Waals surface area contributed by atoms with Gasteiger partial charge in [-0.15, -0.1) is 0 Å². The molecule has 2 rings (SSSR count). The Morgan fingerprint density at radius 2 is 1.69 bits per heavy atom. The van der Waals surface area contributed by atoms with E-state index in [0.717, 1.165) is 31.2 Å². The second-order valence-electron chi connectivity index (χ2n) is 7.48. The summed E-state index contributed by atoms with van der Waals surface area (Å²) in [6, 6.07) is 7.24. The number of hydrogen-bond donors (Lipinski definition) is 1. The second-order valence-corrected chi connectivity index (χ2v) is 9.25. The largest absolute Gasteiger partial charge is 0.339 e. The van der Waals surface area contributed by atoms with Crippen LogP contribution in [-0.4, -0.2) is 38.4 Å². The molecule has 0 spiro atoms. The van der Waals surface area contributed by atoms with Gasteiger partial charge in [0.2, 0.25) is 15.9 Å². The third-order valence-electron chi connectivity index (χ3n) is 5.17. The van der Waals surface area contributed by atoms with Crippen LogP contribution in [0.1, 0.15) is 70.8 Å². The van der Waals surface area contributed by atoms with Gasteiger partial charge in [-0.3, -0.25) is 4.79 Å². The average Bonchev–Trinajstić information content (AvgIpc) is 2.87. The molecular formula is C20H32N2O3S. The van der Waals surface area contributed by atoms with E-state index in [-0.39, 0.29) is 23.4 Å². The highest BCUT2D eigenvalue weighted by molar-refractivity contribution is 7.89. The zero-order valence-corrected chi connectivity index (χ0v) is 17.0. The molecule has 1 N–H and O–H groups in total. The van der Waals surface area contributed by atoms with Gasteiger partial charge in [-0.25, -0.2) is 13.1 Å². The minimum Gasteiger partial charge on any atom is -0.339 e. The standard InChI is InChI=1S/C20H32N2O3S/c1-16(2)18-10-12-20(13-11-18)26(24,25)21-14-15-22(17(3)23)19-8-6-4-5-7-9-19/h10-13,16,19,21H,4-9,14-15H2,1-3H3. The minimum absolute atomic E-state index is 0.0254. The van der Waals surface area contributed by atoms with Gasteiger partial charge in [0.25, 0.3) is 0 Å². The van der Waals surface area contributed by atoms with Crippen molar-refractivity contribution in [2.45, 2.75) is 76.2 Å². The fraction of sp³-hybridized carbons (Fsp3) is 0.650. The molecule has 1 amide bonds. The second kappa shape index (κ2) is 9.51. The third-order valence-corrected chi connectivity index (χ3v) is 6.65. The lowest BCUT2D eigenvalue weighted by atomic mass is 10.0. The molecule has 0 aromatic heterocycles. The number of carbonyl (C=O) groups excluding carboxylic acids is 1. The van der Waals surface area contributed by atoms with Crippen molar-refractivity contribution in [3.8, 4) is 0 Å². The molecule has 26 heavy (non-hydrogen) atoms. The zero-order valence-electron chi connectivity index (χ0n) is 16.2. The SMILES string of the molecule is CC(=O)N(CCNS(=O)(=O)c1ccc(C(C)C)cc1)C1CCCCCC1. The first-order chi connectivity index (χ1) is 12.3. The van der Waals surface area contributed by atoms with Crippen LogP contribution in [0.5, 0.6) is 0 Å². The summed E-state index contributed by atoms with van der Waals surface area (Å²) >= 11 is 0. The highest BCUT2D eigenvalue weighted by Crippen LogP contribution is 2.22. The number of rotatable bonds is 7. The van der Waals surface area contributed by atoms with Gasteiger partial charge in [0.1, 0.15) is 0 Å². The predicted molar refractivity (Wildman–Crippen MR) is 105 cm³/mol. The van der Waals surface area contributed by atoms with E-state index in [1.807, 2.05) is 17.0 Å². The predicted octanol–water partition coefficient (Wildman–Crippen LogP) is 3.66. The topological polar surface area (TPSA) is 66.5 Å². The van der Waals surface area contributed by atoms with Gasteiger partial charge in [-0.1, -0.05) is 51.7 Å².